The van der Waals surface area contributed by atoms with Crippen molar-refractivity contribution in [3.8, 4) is 11.5 Å². The number of amides is 2. The maximum absolute atomic E-state index is 12.6. The molecule has 0 spiro atoms. The first-order chi connectivity index (χ1) is 12.1. The van der Waals surface area contributed by atoms with Gasteiger partial charge in [0.1, 0.15) is 0 Å². The molecule has 1 heterocycles. The third kappa shape index (κ3) is 3.13. The van der Waals surface area contributed by atoms with E-state index < -0.39 is 0 Å². The average molecular weight is 355 g/mol. The van der Waals surface area contributed by atoms with Gasteiger partial charge in [0.25, 0.3) is 11.8 Å². The quantitative estimate of drug-likeness (QED) is 0.771. The third-order valence-corrected chi connectivity index (χ3v) is 4.97. The van der Waals surface area contributed by atoms with E-state index in [0.717, 1.165) is 9.80 Å². The summed E-state index contributed by atoms with van der Waals surface area (Å²) < 4.78 is 10.6. The van der Waals surface area contributed by atoms with Crippen LogP contribution in [-0.4, -0.2) is 38.0 Å². The van der Waals surface area contributed by atoms with Gasteiger partial charge in [0.05, 0.1) is 24.7 Å². The molecule has 0 saturated heterocycles. The lowest BCUT2D eigenvalue weighted by molar-refractivity contribution is -0.134. The first kappa shape index (κ1) is 17.1. The van der Waals surface area contributed by atoms with Gasteiger partial charge in [-0.25, -0.2) is 0 Å². The zero-order valence-electron chi connectivity index (χ0n) is 14.1. The lowest BCUT2D eigenvalue weighted by Gasteiger charge is -2.10. The molecule has 2 amide bonds. The molecule has 25 heavy (non-hydrogen) atoms. The Morgan fingerprint density at radius 3 is 2.20 bits per heavy atom. The van der Waals surface area contributed by atoms with Gasteiger partial charge in [-0.05, 0) is 29.8 Å². The molecule has 2 aromatic carbocycles. The van der Waals surface area contributed by atoms with Crippen molar-refractivity contribution >= 4 is 29.1 Å². The second kappa shape index (κ2) is 7.03. The second-order valence-corrected chi connectivity index (χ2v) is 6.44. The van der Waals surface area contributed by atoms with E-state index in [4.69, 9.17) is 9.47 Å². The predicted octanol–water partition coefficient (Wildman–Crippen LogP) is 3.21. The summed E-state index contributed by atoms with van der Waals surface area (Å²) in [4.78, 5) is 27.6. The van der Waals surface area contributed by atoms with Gasteiger partial charge < -0.3 is 9.47 Å². The molecular formula is C19H17NO4S. The molecule has 1 aliphatic rings. The minimum absolute atomic E-state index is 0.302. The molecule has 6 heteroatoms. The molecule has 0 saturated carbocycles. The number of carbonyl (C=O) groups excluding carboxylic acids is 2. The van der Waals surface area contributed by atoms with Crippen LogP contribution in [0.15, 0.2) is 58.3 Å². The summed E-state index contributed by atoms with van der Waals surface area (Å²) in [5.41, 5.74) is 1.00. The molecule has 0 N–H and O–H groups in total. The summed E-state index contributed by atoms with van der Waals surface area (Å²) in [6, 6.07) is 14.7. The Hall–Kier alpha value is -2.73. The van der Waals surface area contributed by atoms with Crippen LogP contribution in [0.5, 0.6) is 11.5 Å². The number of imide groups is 1. The standard InChI is InChI=1S/C19H17NO4S/c1-20-18(21)16(12-9-10-14(23-2)15(11-12)24-3)17(19(20)22)25-13-7-5-4-6-8-13/h4-11H,1-3H3. The highest BCUT2D eigenvalue weighted by Gasteiger charge is 2.37. The van der Waals surface area contributed by atoms with Crippen LogP contribution in [0.2, 0.25) is 0 Å². The van der Waals surface area contributed by atoms with Crippen molar-refractivity contribution in [1.29, 1.82) is 0 Å². The minimum atomic E-state index is -0.323. The predicted molar refractivity (Wildman–Crippen MR) is 96.5 cm³/mol. The van der Waals surface area contributed by atoms with Crippen molar-refractivity contribution in [2.75, 3.05) is 21.3 Å². The van der Waals surface area contributed by atoms with E-state index in [0.29, 0.717) is 27.5 Å². The van der Waals surface area contributed by atoms with Gasteiger partial charge in [0, 0.05) is 11.9 Å². The molecule has 2 aromatic rings. The molecule has 5 nitrogen and oxygen atoms in total. The number of thioether (sulfide) groups is 1. The first-order valence-electron chi connectivity index (χ1n) is 7.58. The van der Waals surface area contributed by atoms with Crippen LogP contribution in [-0.2, 0) is 9.59 Å². The monoisotopic (exact) mass is 355 g/mol. The Balaban J connectivity index is 2.11. The fourth-order valence-corrected chi connectivity index (χ4v) is 3.62. The van der Waals surface area contributed by atoms with Gasteiger partial charge >= 0.3 is 0 Å². The molecule has 0 unspecified atom stereocenters. The number of benzene rings is 2. The van der Waals surface area contributed by atoms with Gasteiger partial charge in [0.2, 0.25) is 0 Å². The first-order valence-corrected chi connectivity index (χ1v) is 8.40. The smallest absolute Gasteiger partial charge is 0.268 e. The SMILES string of the molecule is COc1ccc(C2=C(Sc3ccccc3)C(=O)N(C)C2=O)cc1OC. The largest absolute Gasteiger partial charge is 0.493 e. The molecule has 0 fully saturated rings. The van der Waals surface area contributed by atoms with E-state index in [9.17, 15) is 9.59 Å². The summed E-state index contributed by atoms with van der Waals surface area (Å²) >= 11 is 1.29. The van der Waals surface area contributed by atoms with Gasteiger partial charge in [-0.15, -0.1) is 0 Å². The fourth-order valence-electron chi connectivity index (χ4n) is 2.56. The molecule has 0 atom stereocenters. The van der Waals surface area contributed by atoms with Crippen LogP contribution in [0.25, 0.3) is 5.57 Å². The molecule has 3 rings (SSSR count). The molecule has 1 aliphatic heterocycles. The van der Waals surface area contributed by atoms with Gasteiger partial charge in [-0.3, -0.25) is 14.5 Å². The summed E-state index contributed by atoms with van der Waals surface area (Å²) in [6.07, 6.45) is 0. The highest BCUT2D eigenvalue weighted by Crippen LogP contribution is 2.41. The van der Waals surface area contributed by atoms with E-state index in [1.54, 1.807) is 25.3 Å². The Labute approximate surface area is 150 Å². The molecule has 0 bridgehead atoms. The number of rotatable bonds is 5. The van der Waals surface area contributed by atoms with Crippen molar-refractivity contribution in [2.45, 2.75) is 4.90 Å². The molecular weight excluding hydrogens is 338 g/mol. The van der Waals surface area contributed by atoms with Gasteiger partial charge in [-0.2, -0.15) is 0 Å². The van der Waals surface area contributed by atoms with Crippen molar-refractivity contribution in [1.82, 2.24) is 4.90 Å². The van der Waals surface area contributed by atoms with E-state index in [1.165, 1.54) is 25.9 Å². The Kier molecular flexibility index (Phi) is 4.81. The van der Waals surface area contributed by atoms with Crippen LogP contribution in [0.4, 0.5) is 0 Å². The summed E-state index contributed by atoms with van der Waals surface area (Å²) in [5, 5.41) is 0. The third-order valence-electron chi connectivity index (χ3n) is 3.88. The van der Waals surface area contributed by atoms with Gasteiger partial charge in [0.15, 0.2) is 11.5 Å². The number of likely N-dealkylation sites (N-methyl/N-ethyl adjacent to an activating group) is 1. The van der Waals surface area contributed by atoms with Crippen molar-refractivity contribution < 1.29 is 19.1 Å². The van der Waals surface area contributed by atoms with Gasteiger partial charge in [-0.1, -0.05) is 36.0 Å². The number of nitrogens with zero attached hydrogens (tertiary/aromatic N) is 1. The zero-order chi connectivity index (χ0) is 18.0. The average Bonchev–Trinajstić information content (AvgIpc) is 2.86. The van der Waals surface area contributed by atoms with Crippen molar-refractivity contribution in [3.05, 3.63) is 59.0 Å². The van der Waals surface area contributed by atoms with E-state index >= 15 is 0 Å². The lowest BCUT2D eigenvalue weighted by atomic mass is 10.1. The molecule has 0 aliphatic carbocycles. The minimum Gasteiger partial charge on any atom is -0.493 e. The van der Waals surface area contributed by atoms with Crippen molar-refractivity contribution in [2.24, 2.45) is 0 Å². The zero-order valence-corrected chi connectivity index (χ0v) is 14.9. The Bertz CT molecular complexity index is 861. The van der Waals surface area contributed by atoms with E-state index in [2.05, 4.69) is 0 Å². The van der Waals surface area contributed by atoms with Crippen LogP contribution in [0.3, 0.4) is 0 Å². The van der Waals surface area contributed by atoms with Crippen LogP contribution >= 0.6 is 11.8 Å². The van der Waals surface area contributed by atoms with Crippen LogP contribution in [0, 0.1) is 0 Å². The molecule has 0 aromatic heterocycles. The fraction of sp³-hybridized carbons (Fsp3) is 0.158. The normalized spacial score (nSPS) is 14.3. The van der Waals surface area contributed by atoms with E-state index in [1.807, 2.05) is 30.3 Å². The maximum atomic E-state index is 12.6. The number of methoxy groups -OCH3 is 2. The highest BCUT2D eigenvalue weighted by atomic mass is 32.2. The Morgan fingerprint density at radius 1 is 0.880 bits per heavy atom. The molecule has 128 valence electrons. The molecule has 0 radical (unpaired) electrons. The van der Waals surface area contributed by atoms with Crippen molar-refractivity contribution in [3.63, 3.8) is 0 Å². The summed E-state index contributed by atoms with van der Waals surface area (Å²) in [5.74, 6) is 0.444. The topological polar surface area (TPSA) is 55.8 Å². The van der Waals surface area contributed by atoms with Crippen LogP contribution in [0.1, 0.15) is 5.56 Å². The lowest BCUT2D eigenvalue weighted by Crippen LogP contribution is -2.26. The maximum Gasteiger partial charge on any atom is 0.268 e. The number of carbonyl (C=O) groups is 2. The highest BCUT2D eigenvalue weighted by molar-refractivity contribution is 8.04. The summed E-state index contributed by atoms with van der Waals surface area (Å²) in [6.45, 7) is 0. The van der Waals surface area contributed by atoms with E-state index in [-0.39, 0.29) is 11.8 Å². The number of hydrogen-bond donors (Lipinski definition) is 0. The van der Waals surface area contributed by atoms with Crippen LogP contribution < -0.4 is 9.47 Å². The summed E-state index contributed by atoms with van der Waals surface area (Å²) in [7, 11) is 4.57. The Morgan fingerprint density at radius 2 is 1.56 bits per heavy atom. The second-order valence-electron chi connectivity index (χ2n) is 5.36. The number of ether oxygens (including phenoxy) is 2. The number of hydrogen-bond acceptors (Lipinski definition) is 5.